The van der Waals surface area contributed by atoms with E-state index in [9.17, 15) is 23.8 Å². The number of rotatable bonds is 1. The van der Waals surface area contributed by atoms with Crippen LogP contribution >= 0.6 is 0 Å². The number of phenols is 1. The molecule has 4 nitrogen and oxygen atoms in total. The third-order valence-electron chi connectivity index (χ3n) is 3.34. The van der Waals surface area contributed by atoms with Gasteiger partial charge in [0.15, 0.2) is 17.2 Å². The van der Waals surface area contributed by atoms with Gasteiger partial charge in [-0.1, -0.05) is 18.2 Å². The molecule has 2 aromatic carbocycles. The van der Waals surface area contributed by atoms with Crippen LogP contribution in [0.5, 0.6) is 5.75 Å². The molecule has 0 bridgehead atoms. The summed E-state index contributed by atoms with van der Waals surface area (Å²) in [6, 6.07) is 7.26. The van der Waals surface area contributed by atoms with Crippen molar-refractivity contribution in [2.75, 3.05) is 5.32 Å². The number of benzene rings is 2. The first-order valence-electron chi connectivity index (χ1n) is 5.76. The Morgan fingerprint density at radius 2 is 1.70 bits per heavy atom. The molecule has 1 aliphatic rings. The molecule has 0 spiro atoms. The summed E-state index contributed by atoms with van der Waals surface area (Å²) in [5, 5.41) is 22.0. The third kappa shape index (κ3) is 1.51. The molecule has 0 saturated heterocycles. The van der Waals surface area contributed by atoms with Crippen LogP contribution in [0.25, 0.3) is 0 Å². The van der Waals surface area contributed by atoms with Crippen LogP contribution in [0.2, 0.25) is 0 Å². The van der Waals surface area contributed by atoms with Gasteiger partial charge < -0.3 is 15.5 Å². The van der Waals surface area contributed by atoms with Crippen LogP contribution in [0.3, 0.4) is 0 Å². The number of carbonyl (C=O) groups is 1. The molecule has 0 saturated carbocycles. The Bertz CT molecular complexity index is 715. The molecule has 1 aliphatic heterocycles. The van der Waals surface area contributed by atoms with Gasteiger partial charge in [-0.2, -0.15) is 0 Å². The van der Waals surface area contributed by atoms with E-state index in [4.69, 9.17) is 0 Å². The number of anilines is 1. The van der Waals surface area contributed by atoms with Gasteiger partial charge in [0.25, 0.3) is 5.91 Å². The van der Waals surface area contributed by atoms with Crippen molar-refractivity contribution in [2.24, 2.45) is 0 Å². The number of aromatic hydroxyl groups is 1. The maximum Gasteiger partial charge on any atom is 0.265 e. The molecule has 1 amide bonds. The summed E-state index contributed by atoms with van der Waals surface area (Å²) >= 11 is 0. The zero-order chi connectivity index (χ0) is 14.5. The van der Waals surface area contributed by atoms with Crippen LogP contribution < -0.4 is 5.32 Å². The van der Waals surface area contributed by atoms with E-state index >= 15 is 0 Å². The normalized spacial score (nSPS) is 20.6. The molecular formula is C14H9F2NO3. The Hall–Kier alpha value is -2.47. The average Bonchev–Trinajstić information content (AvgIpc) is 2.69. The number of halogens is 2. The highest BCUT2D eigenvalue weighted by Crippen LogP contribution is 2.42. The molecule has 20 heavy (non-hydrogen) atoms. The molecule has 2 aromatic rings. The third-order valence-corrected chi connectivity index (χ3v) is 3.34. The highest BCUT2D eigenvalue weighted by molar-refractivity contribution is 6.07. The number of phenolic OH excluding ortho intramolecular Hbond substituents is 1. The van der Waals surface area contributed by atoms with Gasteiger partial charge in [-0.15, -0.1) is 0 Å². The van der Waals surface area contributed by atoms with E-state index in [-0.39, 0.29) is 22.6 Å². The molecule has 1 unspecified atom stereocenters. The first-order chi connectivity index (χ1) is 9.44. The molecule has 3 rings (SSSR count). The molecule has 102 valence electrons. The summed E-state index contributed by atoms with van der Waals surface area (Å²) in [7, 11) is 0. The smallest absolute Gasteiger partial charge is 0.265 e. The largest absolute Gasteiger partial charge is 0.508 e. The van der Waals surface area contributed by atoms with Crippen LogP contribution in [0, 0.1) is 11.6 Å². The van der Waals surface area contributed by atoms with Gasteiger partial charge in [0.05, 0.1) is 5.69 Å². The van der Waals surface area contributed by atoms with E-state index in [1.807, 2.05) is 0 Å². The quantitative estimate of drug-likeness (QED) is 0.745. The van der Waals surface area contributed by atoms with Gasteiger partial charge in [-0.3, -0.25) is 4.79 Å². The SMILES string of the molecule is O=C1Nc2c(ccc(F)c2F)C1(O)c1ccc(O)cc1. The fourth-order valence-electron chi connectivity index (χ4n) is 2.29. The first-order valence-corrected chi connectivity index (χ1v) is 5.76. The van der Waals surface area contributed by atoms with Crippen molar-refractivity contribution in [1.82, 2.24) is 0 Å². The Labute approximate surface area is 112 Å². The van der Waals surface area contributed by atoms with Gasteiger partial charge in [-0.05, 0) is 23.8 Å². The van der Waals surface area contributed by atoms with Crippen molar-refractivity contribution in [1.29, 1.82) is 0 Å². The Kier molecular flexibility index (Phi) is 2.52. The minimum absolute atomic E-state index is 0.0405. The van der Waals surface area contributed by atoms with Crippen LogP contribution in [0.1, 0.15) is 11.1 Å². The number of hydrogen-bond acceptors (Lipinski definition) is 3. The molecular weight excluding hydrogens is 268 g/mol. The second kappa shape index (κ2) is 4.01. The zero-order valence-corrected chi connectivity index (χ0v) is 10.0. The summed E-state index contributed by atoms with van der Waals surface area (Å²) in [6.45, 7) is 0. The summed E-state index contributed by atoms with van der Waals surface area (Å²) in [6.07, 6.45) is 0. The fourth-order valence-corrected chi connectivity index (χ4v) is 2.29. The molecule has 6 heteroatoms. The fraction of sp³-hybridized carbons (Fsp3) is 0.0714. The summed E-state index contributed by atoms with van der Waals surface area (Å²) in [4.78, 5) is 12.0. The molecule has 0 aliphatic carbocycles. The number of amides is 1. The summed E-state index contributed by atoms with van der Waals surface area (Å²) in [5.41, 5.74) is -2.40. The van der Waals surface area contributed by atoms with E-state index in [2.05, 4.69) is 5.32 Å². The highest BCUT2D eigenvalue weighted by atomic mass is 19.2. The zero-order valence-electron chi connectivity index (χ0n) is 10.0. The van der Waals surface area contributed by atoms with Crippen LogP contribution in [-0.4, -0.2) is 16.1 Å². The van der Waals surface area contributed by atoms with Crippen molar-refractivity contribution in [3.63, 3.8) is 0 Å². The number of aliphatic hydroxyl groups is 1. The van der Waals surface area contributed by atoms with E-state index in [0.29, 0.717) is 0 Å². The van der Waals surface area contributed by atoms with Crippen molar-refractivity contribution in [3.8, 4) is 5.75 Å². The first kappa shape index (κ1) is 12.6. The lowest BCUT2D eigenvalue weighted by Gasteiger charge is -2.21. The predicted molar refractivity (Wildman–Crippen MR) is 66.1 cm³/mol. The van der Waals surface area contributed by atoms with Crippen molar-refractivity contribution < 1.29 is 23.8 Å². The van der Waals surface area contributed by atoms with E-state index < -0.39 is 23.1 Å². The lowest BCUT2D eigenvalue weighted by atomic mass is 9.87. The van der Waals surface area contributed by atoms with Crippen molar-refractivity contribution in [2.45, 2.75) is 5.60 Å². The Balaban J connectivity index is 2.23. The molecule has 1 atom stereocenters. The van der Waals surface area contributed by atoms with Gasteiger partial charge in [0, 0.05) is 5.56 Å². The van der Waals surface area contributed by atoms with Crippen molar-refractivity contribution >= 4 is 11.6 Å². The van der Waals surface area contributed by atoms with Crippen LogP contribution in [0.4, 0.5) is 14.5 Å². The predicted octanol–water partition coefficient (Wildman–Crippen LogP) is 1.86. The topological polar surface area (TPSA) is 69.6 Å². The van der Waals surface area contributed by atoms with E-state index in [1.165, 1.54) is 24.3 Å². The number of hydrogen-bond donors (Lipinski definition) is 3. The molecule has 3 N–H and O–H groups in total. The highest BCUT2D eigenvalue weighted by Gasteiger charge is 2.48. The van der Waals surface area contributed by atoms with E-state index in [0.717, 1.165) is 12.1 Å². The lowest BCUT2D eigenvalue weighted by molar-refractivity contribution is -0.129. The van der Waals surface area contributed by atoms with Crippen molar-refractivity contribution in [3.05, 3.63) is 59.2 Å². The Morgan fingerprint density at radius 1 is 1.05 bits per heavy atom. The number of carbonyl (C=O) groups excluding carboxylic acids is 1. The minimum atomic E-state index is -2.11. The van der Waals surface area contributed by atoms with Crippen LogP contribution in [0.15, 0.2) is 36.4 Å². The minimum Gasteiger partial charge on any atom is -0.508 e. The maximum absolute atomic E-state index is 13.7. The number of nitrogens with one attached hydrogen (secondary N) is 1. The second-order valence-corrected chi connectivity index (χ2v) is 4.50. The molecule has 0 fully saturated rings. The summed E-state index contributed by atoms with van der Waals surface area (Å²) < 4.78 is 26.8. The molecule has 0 aromatic heterocycles. The Morgan fingerprint density at radius 3 is 2.35 bits per heavy atom. The monoisotopic (exact) mass is 277 g/mol. The summed E-state index contributed by atoms with van der Waals surface area (Å²) in [5.74, 6) is -3.24. The lowest BCUT2D eigenvalue weighted by Crippen LogP contribution is -2.35. The standard InChI is InChI=1S/C14H9F2NO3/c15-10-6-5-9-12(11(10)16)17-13(19)14(9,20)7-1-3-8(18)4-2-7/h1-6,18,20H,(H,17,19). The van der Waals surface area contributed by atoms with Gasteiger partial charge in [0.1, 0.15) is 5.75 Å². The van der Waals surface area contributed by atoms with Crippen LogP contribution in [-0.2, 0) is 10.4 Å². The van der Waals surface area contributed by atoms with Gasteiger partial charge >= 0.3 is 0 Å². The van der Waals surface area contributed by atoms with Gasteiger partial charge in [-0.25, -0.2) is 8.78 Å². The molecule has 0 radical (unpaired) electrons. The maximum atomic E-state index is 13.7. The second-order valence-electron chi connectivity index (χ2n) is 4.50. The average molecular weight is 277 g/mol. The number of fused-ring (bicyclic) bond motifs is 1. The van der Waals surface area contributed by atoms with E-state index in [1.54, 1.807) is 0 Å². The molecule has 1 heterocycles. The van der Waals surface area contributed by atoms with Gasteiger partial charge in [0.2, 0.25) is 0 Å².